The van der Waals surface area contributed by atoms with Crippen LogP contribution < -0.4 is 5.32 Å². The lowest BCUT2D eigenvalue weighted by atomic mass is 10.1. The van der Waals surface area contributed by atoms with Crippen molar-refractivity contribution in [3.05, 3.63) is 83.7 Å². The summed E-state index contributed by atoms with van der Waals surface area (Å²) in [5.41, 5.74) is 1.62. The fourth-order valence-electron chi connectivity index (χ4n) is 3.46. The first-order chi connectivity index (χ1) is 16.9. The van der Waals surface area contributed by atoms with Gasteiger partial charge in [-0.25, -0.2) is 4.98 Å². The highest BCUT2D eigenvalue weighted by atomic mass is 35.5. The molecule has 0 aliphatic heterocycles. The topological polar surface area (TPSA) is 106 Å². The van der Waals surface area contributed by atoms with Crippen LogP contribution in [0.1, 0.15) is 36.5 Å². The predicted octanol–water partition coefficient (Wildman–Crippen LogP) is 4.67. The fourth-order valence-corrected chi connectivity index (χ4v) is 3.68. The highest BCUT2D eigenvalue weighted by molar-refractivity contribution is 6.33. The molecule has 2 aromatic carbocycles. The Labute approximate surface area is 207 Å². The lowest BCUT2D eigenvalue weighted by molar-refractivity contribution is -0.116. The van der Waals surface area contributed by atoms with Crippen molar-refractivity contribution in [1.29, 1.82) is 0 Å². The largest absolute Gasteiger partial charge is 0.419 e. The molecule has 9 nitrogen and oxygen atoms in total. The first-order valence-electron chi connectivity index (χ1n) is 11.1. The second-order valence-corrected chi connectivity index (χ2v) is 8.59. The average molecular weight is 493 g/mol. The summed E-state index contributed by atoms with van der Waals surface area (Å²) in [5, 5.41) is 11.5. The highest BCUT2D eigenvalue weighted by Gasteiger charge is 2.23. The number of nitrogens with zero attached hydrogens (tertiary/aromatic N) is 5. The first-order valence-corrected chi connectivity index (χ1v) is 11.5. The zero-order chi connectivity index (χ0) is 24.8. The van der Waals surface area contributed by atoms with Gasteiger partial charge in [0.05, 0.1) is 23.5 Å². The molecule has 10 heteroatoms. The average Bonchev–Trinajstić information content (AvgIpc) is 3.53. The molecule has 2 amide bonds. The monoisotopic (exact) mass is 492 g/mol. The molecule has 2 heterocycles. The number of carbonyl (C=O) groups is 2. The summed E-state index contributed by atoms with van der Waals surface area (Å²) in [6, 6.07) is 13.9. The van der Waals surface area contributed by atoms with E-state index in [-0.39, 0.29) is 30.8 Å². The standard InChI is InChI=1S/C25H25ClN6O3/c1-17(2)32(15-23-29-30-24(35-23)20-8-3-4-9-21(20)26)25(34)18-6-5-7-19(14-18)28-22(33)10-12-31-13-11-27-16-31/h3-9,11,13-14,16-17H,10,12,15H2,1-2H3,(H,28,33). The van der Waals surface area contributed by atoms with E-state index in [2.05, 4.69) is 20.5 Å². The zero-order valence-electron chi connectivity index (χ0n) is 19.4. The third-order valence-electron chi connectivity index (χ3n) is 5.31. The number of hydrogen-bond acceptors (Lipinski definition) is 6. The maximum absolute atomic E-state index is 13.3. The van der Waals surface area contributed by atoms with E-state index in [9.17, 15) is 9.59 Å². The van der Waals surface area contributed by atoms with Gasteiger partial charge in [0.1, 0.15) is 0 Å². The van der Waals surface area contributed by atoms with Gasteiger partial charge in [-0.2, -0.15) is 0 Å². The van der Waals surface area contributed by atoms with Gasteiger partial charge in [0.2, 0.25) is 17.7 Å². The van der Waals surface area contributed by atoms with Gasteiger partial charge in [-0.05, 0) is 44.2 Å². The number of benzene rings is 2. The van der Waals surface area contributed by atoms with Crippen molar-refractivity contribution < 1.29 is 14.0 Å². The van der Waals surface area contributed by atoms with Gasteiger partial charge in [-0.3, -0.25) is 9.59 Å². The van der Waals surface area contributed by atoms with Crippen molar-refractivity contribution in [2.24, 2.45) is 0 Å². The smallest absolute Gasteiger partial charge is 0.254 e. The number of anilines is 1. The molecule has 0 aliphatic carbocycles. The Hall–Kier alpha value is -3.98. The minimum Gasteiger partial charge on any atom is -0.419 e. The molecule has 1 N–H and O–H groups in total. The van der Waals surface area contributed by atoms with Crippen molar-refractivity contribution >= 4 is 29.1 Å². The van der Waals surface area contributed by atoms with E-state index in [0.29, 0.717) is 40.2 Å². The molecule has 0 fully saturated rings. The first kappa shape index (κ1) is 24.2. The normalized spacial score (nSPS) is 11.0. The lowest BCUT2D eigenvalue weighted by Gasteiger charge is -2.25. The van der Waals surface area contributed by atoms with Crippen LogP contribution in [0.2, 0.25) is 5.02 Å². The zero-order valence-corrected chi connectivity index (χ0v) is 20.1. The predicted molar refractivity (Wildman–Crippen MR) is 132 cm³/mol. The van der Waals surface area contributed by atoms with E-state index in [1.54, 1.807) is 60.0 Å². The molecule has 4 rings (SSSR count). The van der Waals surface area contributed by atoms with Gasteiger partial charge in [0.15, 0.2) is 0 Å². The summed E-state index contributed by atoms with van der Waals surface area (Å²) < 4.78 is 7.62. The summed E-state index contributed by atoms with van der Waals surface area (Å²) >= 11 is 6.22. The van der Waals surface area contributed by atoms with E-state index in [1.165, 1.54) is 0 Å². The third kappa shape index (κ3) is 6.13. The lowest BCUT2D eigenvalue weighted by Crippen LogP contribution is -2.36. The Morgan fingerprint density at radius 1 is 1.14 bits per heavy atom. The maximum Gasteiger partial charge on any atom is 0.254 e. The SMILES string of the molecule is CC(C)N(Cc1nnc(-c2ccccc2Cl)o1)C(=O)c1cccc(NC(=O)CCn2ccnc2)c1. The van der Waals surface area contributed by atoms with Gasteiger partial charge in [-0.15, -0.1) is 10.2 Å². The molecule has 0 saturated carbocycles. The molecule has 0 unspecified atom stereocenters. The van der Waals surface area contributed by atoms with Crippen LogP contribution in [-0.4, -0.2) is 42.5 Å². The van der Waals surface area contributed by atoms with Crippen molar-refractivity contribution in [2.75, 3.05) is 5.32 Å². The van der Waals surface area contributed by atoms with Crippen LogP contribution in [-0.2, 0) is 17.9 Å². The number of imidazole rings is 1. The number of halogens is 1. The van der Waals surface area contributed by atoms with E-state index in [4.69, 9.17) is 16.0 Å². The Balaban J connectivity index is 1.44. The van der Waals surface area contributed by atoms with E-state index in [1.807, 2.05) is 30.5 Å². The van der Waals surface area contributed by atoms with Crippen molar-refractivity contribution in [3.63, 3.8) is 0 Å². The number of nitrogens with one attached hydrogen (secondary N) is 1. The Kier molecular flexibility index (Phi) is 7.57. The molecule has 35 heavy (non-hydrogen) atoms. The Morgan fingerprint density at radius 2 is 1.97 bits per heavy atom. The van der Waals surface area contributed by atoms with Crippen LogP contribution in [0.15, 0.2) is 71.7 Å². The number of aromatic nitrogens is 4. The van der Waals surface area contributed by atoms with E-state index < -0.39 is 0 Å². The summed E-state index contributed by atoms with van der Waals surface area (Å²) in [6.45, 7) is 4.47. The Morgan fingerprint density at radius 3 is 2.71 bits per heavy atom. The van der Waals surface area contributed by atoms with Gasteiger partial charge in [-0.1, -0.05) is 29.8 Å². The molecular weight excluding hydrogens is 468 g/mol. The van der Waals surface area contributed by atoms with Gasteiger partial charge < -0.3 is 19.2 Å². The molecule has 0 radical (unpaired) electrons. The van der Waals surface area contributed by atoms with Crippen molar-refractivity contribution in [3.8, 4) is 11.5 Å². The molecule has 0 atom stereocenters. The van der Waals surface area contributed by atoms with Gasteiger partial charge >= 0.3 is 0 Å². The summed E-state index contributed by atoms with van der Waals surface area (Å²) in [5.74, 6) is 0.224. The third-order valence-corrected chi connectivity index (χ3v) is 5.64. The van der Waals surface area contributed by atoms with E-state index in [0.717, 1.165) is 0 Å². The Bertz CT molecular complexity index is 1300. The second kappa shape index (κ2) is 11.0. The fraction of sp³-hybridized carbons (Fsp3) is 0.240. The van der Waals surface area contributed by atoms with Crippen LogP contribution in [0.5, 0.6) is 0 Å². The molecule has 2 aromatic heterocycles. The summed E-state index contributed by atoms with van der Waals surface area (Å²) in [6.07, 6.45) is 5.42. The van der Waals surface area contributed by atoms with Gasteiger partial charge in [0, 0.05) is 42.7 Å². The molecular formula is C25H25ClN6O3. The number of rotatable bonds is 9. The summed E-state index contributed by atoms with van der Waals surface area (Å²) in [7, 11) is 0. The number of amides is 2. The van der Waals surface area contributed by atoms with Crippen LogP contribution in [0.4, 0.5) is 5.69 Å². The second-order valence-electron chi connectivity index (χ2n) is 8.19. The minimum absolute atomic E-state index is 0.133. The van der Waals surface area contributed by atoms with Crippen LogP contribution >= 0.6 is 11.6 Å². The van der Waals surface area contributed by atoms with Gasteiger partial charge in [0.25, 0.3) is 5.91 Å². The minimum atomic E-state index is -0.216. The number of aryl methyl sites for hydroxylation is 1. The quantitative estimate of drug-likeness (QED) is 0.364. The molecule has 0 spiro atoms. The number of carbonyl (C=O) groups excluding carboxylic acids is 2. The van der Waals surface area contributed by atoms with Crippen LogP contribution in [0.3, 0.4) is 0 Å². The van der Waals surface area contributed by atoms with Crippen molar-refractivity contribution in [2.45, 2.75) is 39.4 Å². The molecule has 4 aromatic rings. The molecule has 0 bridgehead atoms. The van der Waals surface area contributed by atoms with Crippen molar-refractivity contribution in [1.82, 2.24) is 24.6 Å². The van der Waals surface area contributed by atoms with Crippen LogP contribution in [0.25, 0.3) is 11.5 Å². The highest BCUT2D eigenvalue weighted by Crippen LogP contribution is 2.27. The maximum atomic E-state index is 13.3. The van der Waals surface area contributed by atoms with E-state index >= 15 is 0 Å². The molecule has 180 valence electrons. The molecule has 0 saturated heterocycles. The number of hydrogen-bond donors (Lipinski definition) is 1. The molecule has 0 aliphatic rings. The summed E-state index contributed by atoms with van der Waals surface area (Å²) in [4.78, 5) is 31.3. The van der Waals surface area contributed by atoms with Crippen LogP contribution in [0, 0.1) is 0 Å².